The second-order valence-electron chi connectivity index (χ2n) is 7.47. The zero-order chi connectivity index (χ0) is 23.9. The second kappa shape index (κ2) is 10.4. The number of pyridine rings is 1. The topological polar surface area (TPSA) is 109 Å². The van der Waals surface area contributed by atoms with Crippen LogP contribution in [0.25, 0.3) is 11.3 Å². The summed E-state index contributed by atoms with van der Waals surface area (Å²) < 4.78 is 1.74. The van der Waals surface area contributed by atoms with Crippen LogP contribution in [0.15, 0.2) is 91.6 Å². The monoisotopic (exact) mass is 453 g/mol. The number of hydrogen-bond donors (Lipinski definition) is 3. The van der Waals surface area contributed by atoms with Gasteiger partial charge in [0.1, 0.15) is 5.69 Å². The highest BCUT2D eigenvalue weighted by Gasteiger charge is 2.11. The Kier molecular flexibility index (Phi) is 6.90. The quantitative estimate of drug-likeness (QED) is 0.351. The lowest BCUT2D eigenvalue weighted by Gasteiger charge is -2.07. The fourth-order valence-electron chi connectivity index (χ4n) is 3.34. The summed E-state index contributed by atoms with van der Waals surface area (Å²) in [4.78, 5) is 27.7. The first kappa shape index (κ1) is 22.6. The fraction of sp³-hybridized carbons (Fsp3) is 0.0769. The van der Waals surface area contributed by atoms with Gasteiger partial charge in [0.15, 0.2) is 0 Å². The molecule has 8 heteroatoms. The van der Waals surface area contributed by atoms with Gasteiger partial charge in [0.05, 0.1) is 24.5 Å². The third kappa shape index (κ3) is 5.43. The lowest BCUT2D eigenvalue weighted by Crippen LogP contribution is -2.13. The number of nitrogens with one attached hydrogen (secondary N) is 2. The van der Waals surface area contributed by atoms with Gasteiger partial charge >= 0.3 is 0 Å². The van der Waals surface area contributed by atoms with Crippen molar-refractivity contribution in [3.8, 4) is 11.3 Å². The molecule has 170 valence electrons. The third-order valence-electron chi connectivity index (χ3n) is 5.10. The highest BCUT2D eigenvalue weighted by Crippen LogP contribution is 2.23. The molecule has 0 radical (unpaired) electrons. The van der Waals surface area contributed by atoms with E-state index in [0.29, 0.717) is 35.0 Å². The molecule has 0 saturated heterocycles. The van der Waals surface area contributed by atoms with Crippen LogP contribution in [-0.2, 0) is 17.9 Å². The molecule has 3 N–H and O–H groups in total. The molecule has 4 aromatic rings. The molecule has 0 aliphatic heterocycles. The maximum atomic E-state index is 12.3. The smallest absolute Gasteiger partial charge is 0.274 e. The minimum absolute atomic E-state index is 0.154. The second-order valence-corrected chi connectivity index (χ2v) is 7.47. The SMILES string of the molecule is C=CC(=O)Nc1ccc(Cn2nc(-c3ccc(NC(=O)c4ccccn4)cc3)cc2CO)cc1. The number of nitrogens with zero attached hydrogens (tertiary/aromatic N) is 3. The summed E-state index contributed by atoms with van der Waals surface area (Å²) in [5.74, 6) is -0.551. The average molecular weight is 454 g/mol. The molecular weight excluding hydrogens is 430 g/mol. The number of carbonyl (C=O) groups excluding carboxylic acids is 2. The molecule has 34 heavy (non-hydrogen) atoms. The molecule has 0 unspecified atom stereocenters. The number of aliphatic hydroxyl groups excluding tert-OH is 1. The van der Waals surface area contributed by atoms with Crippen LogP contribution in [0.2, 0.25) is 0 Å². The Bertz CT molecular complexity index is 1300. The zero-order valence-electron chi connectivity index (χ0n) is 18.3. The summed E-state index contributed by atoms with van der Waals surface area (Å²) in [6, 6.07) is 21.7. The number of aromatic nitrogens is 3. The van der Waals surface area contributed by atoms with E-state index in [0.717, 1.165) is 11.1 Å². The lowest BCUT2D eigenvalue weighted by molar-refractivity contribution is -0.111. The molecule has 0 bridgehead atoms. The van der Waals surface area contributed by atoms with Gasteiger partial charge < -0.3 is 15.7 Å². The van der Waals surface area contributed by atoms with Crippen LogP contribution in [0.4, 0.5) is 11.4 Å². The number of anilines is 2. The summed E-state index contributed by atoms with van der Waals surface area (Å²) in [6.07, 6.45) is 2.79. The fourth-order valence-corrected chi connectivity index (χ4v) is 3.34. The van der Waals surface area contributed by atoms with Gasteiger partial charge in [0.2, 0.25) is 5.91 Å². The predicted molar refractivity (Wildman–Crippen MR) is 130 cm³/mol. The molecule has 8 nitrogen and oxygen atoms in total. The van der Waals surface area contributed by atoms with Crippen molar-refractivity contribution in [3.05, 3.63) is 109 Å². The molecule has 4 rings (SSSR count). The van der Waals surface area contributed by atoms with Gasteiger partial charge in [0.25, 0.3) is 5.91 Å². The Hall–Kier alpha value is -4.56. The Morgan fingerprint density at radius 3 is 2.32 bits per heavy atom. The van der Waals surface area contributed by atoms with E-state index in [1.54, 1.807) is 53.3 Å². The summed E-state index contributed by atoms with van der Waals surface area (Å²) in [7, 11) is 0. The molecule has 0 spiro atoms. The van der Waals surface area contributed by atoms with E-state index in [2.05, 4.69) is 27.3 Å². The van der Waals surface area contributed by atoms with Crippen LogP contribution in [0.1, 0.15) is 21.7 Å². The summed E-state index contributed by atoms with van der Waals surface area (Å²) in [5.41, 5.74) is 4.86. The van der Waals surface area contributed by atoms with Crippen LogP contribution in [0.3, 0.4) is 0 Å². The van der Waals surface area contributed by atoms with Crippen molar-refractivity contribution in [2.24, 2.45) is 0 Å². The minimum Gasteiger partial charge on any atom is -0.390 e. The van der Waals surface area contributed by atoms with Crippen molar-refractivity contribution in [1.82, 2.24) is 14.8 Å². The normalized spacial score (nSPS) is 10.5. The number of amides is 2. The summed E-state index contributed by atoms with van der Waals surface area (Å²) in [5, 5.41) is 20.0. The van der Waals surface area contributed by atoms with Gasteiger partial charge in [0, 0.05) is 23.1 Å². The minimum atomic E-state index is -0.282. The van der Waals surface area contributed by atoms with E-state index in [4.69, 9.17) is 0 Å². The van der Waals surface area contributed by atoms with E-state index in [-0.39, 0.29) is 18.4 Å². The van der Waals surface area contributed by atoms with Crippen LogP contribution in [-0.4, -0.2) is 31.7 Å². The molecule has 0 aliphatic rings. The van der Waals surface area contributed by atoms with Gasteiger partial charge in [-0.25, -0.2) is 0 Å². The first-order valence-corrected chi connectivity index (χ1v) is 10.6. The Labute approximate surface area is 196 Å². The molecule has 2 aromatic heterocycles. The van der Waals surface area contributed by atoms with E-state index in [1.807, 2.05) is 30.3 Å². The van der Waals surface area contributed by atoms with E-state index >= 15 is 0 Å². The maximum Gasteiger partial charge on any atom is 0.274 e. The molecule has 0 saturated carbocycles. The first-order valence-electron chi connectivity index (χ1n) is 10.6. The Balaban J connectivity index is 1.46. The number of hydrogen-bond acceptors (Lipinski definition) is 5. The van der Waals surface area contributed by atoms with Crippen LogP contribution < -0.4 is 10.6 Å². The van der Waals surface area contributed by atoms with Gasteiger partial charge in [-0.3, -0.25) is 19.3 Å². The van der Waals surface area contributed by atoms with E-state index < -0.39 is 0 Å². The van der Waals surface area contributed by atoms with Crippen molar-refractivity contribution >= 4 is 23.2 Å². The van der Waals surface area contributed by atoms with Gasteiger partial charge in [-0.1, -0.05) is 36.9 Å². The number of aliphatic hydroxyl groups is 1. The third-order valence-corrected chi connectivity index (χ3v) is 5.10. The van der Waals surface area contributed by atoms with Crippen molar-refractivity contribution in [1.29, 1.82) is 0 Å². The molecule has 0 fully saturated rings. The predicted octanol–water partition coefficient (Wildman–Crippen LogP) is 3.86. The van der Waals surface area contributed by atoms with Crippen LogP contribution in [0, 0.1) is 0 Å². The number of rotatable bonds is 8. The Morgan fingerprint density at radius 2 is 1.68 bits per heavy atom. The number of benzene rings is 2. The summed E-state index contributed by atoms with van der Waals surface area (Å²) in [6.45, 7) is 3.75. The van der Waals surface area contributed by atoms with E-state index in [9.17, 15) is 14.7 Å². The molecular formula is C26H23N5O3. The van der Waals surface area contributed by atoms with Crippen molar-refractivity contribution < 1.29 is 14.7 Å². The highest BCUT2D eigenvalue weighted by molar-refractivity contribution is 6.02. The molecule has 2 amide bonds. The van der Waals surface area contributed by atoms with Crippen LogP contribution >= 0.6 is 0 Å². The molecule has 0 atom stereocenters. The van der Waals surface area contributed by atoms with Crippen molar-refractivity contribution in [3.63, 3.8) is 0 Å². The standard InChI is InChI=1S/C26H23N5O3/c1-2-25(33)28-20-10-6-18(7-11-20)16-31-22(17-32)15-24(30-31)19-8-12-21(13-9-19)29-26(34)23-5-3-4-14-27-23/h2-15,32H,1,16-17H2,(H,28,33)(H,29,34). The van der Waals surface area contributed by atoms with Gasteiger partial charge in [-0.15, -0.1) is 0 Å². The van der Waals surface area contributed by atoms with Crippen molar-refractivity contribution in [2.45, 2.75) is 13.2 Å². The average Bonchev–Trinajstić information content (AvgIpc) is 3.28. The largest absolute Gasteiger partial charge is 0.390 e. The molecule has 0 aliphatic carbocycles. The number of carbonyl (C=O) groups is 2. The van der Waals surface area contributed by atoms with Gasteiger partial charge in [-0.2, -0.15) is 5.10 Å². The van der Waals surface area contributed by atoms with Crippen LogP contribution in [0.5, 0.6) is 0 Å². The summed E-state index contributed by atoms with van der Waals surface area (Å²) >= 11 is 0. The maximum absolute atomic E-state index is 12.3. The van der Waals surface area contributed by atoms with Gasteiger partial charge in [-0.05, 0) is 54.1 Å². The highest BCUT2D eigenvalue weighted by atomic mass is 16.3. The van der Waals surface area contributed by atoms with E-state index in [1.165, 1.54) is 6.08 Å². The van der Waals surface area contributed by atoms with Crippen molar-refractivity contribution in [2.75, 3.05) is 10.6 Å². The first-order chi connectivity index (χ1) is 16.6. The lowest BCUT2D eigenvalue weighted by atomic mass is 10.1. The molecule has 2 heterocycles. The molecule has 2 aromatic carbocycles. The zero-order valence-corrected chi connectivity index (χ0v) is 18.3. The Morgan fingerprint density at radius 1 is 0.971 bits per heavy atom.